The molecule has 23 heavy (non-hydrogen) atoms. The quantitative estimate of drug-likeness (QED) is 0.739. The van der Waals surface area contributed by atoms with Crippen LogP contribution in [0.4, 0.5) is 0 Å². The summed E-state index contributed by atoms with van der Waals surface area (Å²) in [5.41, 5.74) is 4.24. The third kappa shape index (κ3) is 3.14. The first-order valence-electron chi connectivity index (χ1n) is 7.20. The topological polar surface area (TPSA) is 63.9 Å². The molecule has 2 heterocycles. The molecule has 1 amide bonds. The Bertz CT molecular complexity index is 838. The standard InChI is InChI=1S/C16H17N5OS/c1-11-6-4-5-7-14(11)21-10-13(8-17-21)9-20(3)16(22)15-12(2)18-23-19-15/h4-8,10H,9H2,1-3H3. The van der Waals surface area contributed by atoms with E-state index < -0.39 is 0 Å². The summed E-state index contributed by atoms with van der Waals surface area (Å²) in [5.74, 6) is -0.125. The van der Waals surface area contributed by atoms with Crippen LogP contribution in [-0.2, 0) is 6.54 Å². The Labute approximate surface area is 138 Å². The average molecular weight is 327 g/mol. The molecule has 118 valence electrons. The highest BCUT2D eigenvalue weighted by atomic mass is 32.1. The number of hydrogen-bond acceptors (Lipinski definition) is 5. The van der Waals surface area contributed by atoms with Gasteiger partial charge in [-0.15, -0.1) is 0 Å². The molecule has 0 aliphatic heterocycles. The van der Waals surface area contributed by atoms with Crippen molar-refractivity contribution in [3.05, 3.63) is 59.2 Å². The number of para-hydroxylation sites is 1. The van der Waals surface area contributed by atoms with Gasteiger partial charge in [-0.25, -0.2) is 4.68 Å². The molecule has 0 saturated carbocycles. The summed E-state index contributed by atoms with van der Waals surface area (Å²) >= 11 is 1.06. The summed E-state index contributed by atoms with van der Waals surface area (Å²) < 4.78 is 9.94. The van der Waals surface area contributed by atoms with Gasteiger partial charge in [-0.2, -0.15) is 13.8 Å². The highest BCUT2D eigenvalue weighted by Crippen LogP contribution is 2.15. The lowest BCUT2D eigenvalue weighted by atomic mass is 10.2. The number of carbonyl (C=O) groups is 1. The maximum absolute atomic E-state index is 12.4. The van der Waals surface area contributed by atoms with Gasteiger partial charge in [0.2, 0.25) is 0 Å². The zero-order valence-electron chi connectivity index (χ0n) is 13.2. The summed E-state index contributed by atoms with van der Waals surface area (Å²) in [5, 5.41) is 4.39. The molecule has 7 heteroatoms. The van der Waals surface area contributed by atoms with Gasteiger partial charge in [0.05, 0.1) is 29.3 Å². The van der Waals surface area contributed by atoms with E-state index in [1.54, 1.807) is 25.1 Å². The van der Waals surface area contributed by atoms with Gasteiger partial charge in [0.25, 0.3) is 5.91 Å². The molecule has 0 aliphatic rings. The molecule has 2 aromatic heterocycles. The molecule has 3 aromatic rings. The van der Waals surface area contributed by atoms with E-state index in [0.717, 1.165) is 28.5 Å². The fraction of sp³-hybridized carbons (Fsp3) is 0.250. The zero-order valence-corrected chi connectivity index (χ0v) is 14.0. The summed E-state index contributed by atoms with van der Waals surface area (Å²) in [6, 6.07) is 8.05. The molecule has 0 radical (unpaired) electrons. The average Bonchev–Trinajstić information content (AvgIpc) is 3.16. The number of aryl methyl sites for hydroxylation is 2. The van der Waals surface area contributed by atoms with E-state index in [-0.39, 0.29) is 5.91 Å². The summed E-state index contributed by atoms with van der Waals surface area (Å²) in [7, 11) is 1.76. The molecule has 1 aromatic carbocycles. The lowest BCUT2D eigenvalue weighted by molar-refractivity contribution is 0.0779. The van der Waals surface area contributed by atoms with Crippen LogP contribution >= 0.6 is 11.7 Å². The van der Waals surface area contributed by atoms with E-state index in [1.165, 1.54) is 0 Å². The van der Waals surface area contributed by atoms with Gasteiger partial charge >= 0.3 is 0 Å². The second kappa shape index (κ2) is 6.29. The highest BCUT2D eigenvalue weighted by Gasteiger charge is 2.18. The number of nitrogens with zero attached hydrogens (tertiary/aromatic N) is 5. The van der Waals surface area contributed by atoms with E-state index >= 15 is 0 Å². The van der Waals surface area contributed by atoms with Gasteiger partial charge in [-0.1, -0.05) is 18.2 Å². The lowest BCUT2D eigenvalue weighted by Crippen LogP contribution is -2.26. The molecular formula is C16H17N5OS. The number of hydrogen-bond donors (Lipinski definition) is 0. The van der Waals surface area contributed by atoms with Crippen molar-refractivity contribution in [3.8, 4) is 5.69 Å². The lowest BCUT2D eigenvalue weighted by Gasteiger charge is -2.14. The van der Waals surface area contributed by atoms with E-state index in [2.05, 4.69) is 13.8 Å². The number of rotatable bonds is 4. The number of carbonyl (C=O) groups excluding carboxylic acids is 1. The number of amides is 1. The van der Waals surface area contributed by atoms with Crippen molar-refractivity contribution in [1.82, 2.24) is 23.4 Å². The number of aromatic nitrogens is 4. The fourth-order valence-corrected chi connectivity index (χ4v) is 2.89. The molecule has 0 bridgehead atoms. The first kappa shape index (κ1) is 15.4. The van der Waals surface area contributed by atoms with E-state index in [0.29, 0.717) is 17.9 Å². The second-order valence-electron chi connectivity index (χ2n) is 5.44. The second-order valence-corrected chi connectivity index (χ2v) is 5.97. The van der Waals surface area contributed by atoms with E-state index in [1.807, 2.05) is 42.1 Å². The SMILES string of the molecule is Cc1ccccc1-n1cc(CN(C)C(=O)c2nsnc2C)cn1. The van der Waals surface area contributed by atoms with Crippen LogP contribution in [0.3, 0.4) is 0 Å². The summed E-state index contributed by atoms with van der Waals surface area (Å²) in [6.07, 6.45) is 3.72. The van der Waals surface area contributed by atoms with Gasteiger partial charge in [0.1, 0.15) is 0 Å². The minimum absolute atomic E-state index is 0.125. The summed E-state index contributed by atoms with van der Waals surface area (Å²) in [6.45, 7) is 4.31. The van der Waals surface area contributed by atoms with Crippen LogP contribution in [0.2, 0.25) is 0 Å². The van der Waals surface area contributed by atoms with Crippen LogP contribution in [-0.4, -0.2) is 36.4 Å². The van der Waals surface area contributed by atoms with Crippen LogP contribution in [0.1, 0.15) is 27.3 Å². The Kier molecular flexibility index (Phi) is 4.20. The van der Waals surface area contributed by atoms with Crippen molar-refractivity contribution >= 4 is 17.6 Å². The molecule has 0 fully saturated rings. The molecule has 0 aliphatic carbocycles. The van der Waals surface area contributed by atoms with Crippen LogP contribution in [0.5, 0.6) is 0 Å². The van der Waals surface area contributed by atoms with Crippen molar-refractivity contribution in [2.75, 3.05) is 7.05 Å². The van der Waals surface area contributed by atoms with E-state index in [9.17, 15) is 4.79 Å². The Balaban J connectivity index is 1.76. The van der Waals surface area contributed by atoms with Gasteiger partial charge in [-0.3, -0.25) is 4.79 Å². The maximum Gasteiger partial charge on any atom is 0.275 e. The normalized spacial score (nSPS) is 10.7. The summed E-state index contributed by atoms with van der Waals surface area (Å²) in [4.78, 5) is 14.0. The molecule has 0 unspecified atom stereocenters. The smallest absolute Gasteiger partial charge is 0.275 e. The minimum Gasteiger partial charge on any atom is -0.336 e. The molecule has 0 N–H and O–H groups in total. The number of benzene rings is 1. The molecule has 0 spiro atoms. The Morgan fingerprint density at radius 2 is 2.04 bits per heavy atom. The highest BCUT2D eigenvalue weighted by molar-refractivity contribution is 6.99. The van der Waals surface area contributed by atoms with Gasteiger partial charge in [-0.05, 0) is 25.5 Å². The van der Waals surface area contributed by atoms with Crippen molar-refractivity contribution in [3.63, 3.8) is 0 Å². The van der Waals surface area contributed by atoms with Gasteiger partial charge < -0.3 is 4.90 Å². The fourth-order valence-electron chi connectivity index (χ4n) is 2.35. The Morgan fingerprint density at radius 3 is 2.74 bits per heavy atom. The van der Waals surface area contributed by atoms with Crippen LogP contribution < -0.4 is 0 Å². The first-order chi connectivity index (χ1) is 11.1. The predicted molar refractivity (Wildman–Crippen MR) is 88.7 cm³/mol. The molecule has 0 atom stereocenters. The van der Waals surface area contributed by atoms with Crippen molar-refractivity contribution in [1.29, 1.82) is 0 Å². The van der Waals surface area contributed by atoms with Crippen molar-refractivity contribution in [2.45, 2.75) is 20.4 Å². The maximum atomic E-state index is 12.4. The van der Waals surface area contributed by atoms with Crippen LogP contribution in [0.15, 0.2) is 36.7 Å². The zero-order chi connectivity index (χ0) is 16.4. The monoisotopic (exact) mass is 327 g/mol. The Hall–Kier alpha value is -2.54. The first-order valence-corrected chi connectivity index (χ1v) is 7.93. The van der Waals surface area contributed by atoms with Gasteiger partial charge in [0, 0.05) is 25.4 Å². The predicted octanol–water partition coefficient (Wildman–Crippen LogP) is 2.61. The Morgan fingerprint density at radius 1 is 1.26 bits per heavy atom. The van der Waals surface area contributed by atoms with Gasteiger partial charge in [0.15, 0.2) is 5.69 Å². The van der Waals surface area contributed by atoms with Crippen molar-refractivity contribution < 1.29 is 4.79 Å². The molecule has 6 nitrogen and oxygen atoms in total. The van der Waals surface area contributed by atoms with Crippen molar-refractivity contribution in [2.24, 2.45) is 0 Å². The molecule has 0 saturated heterocycles. The third-order valence-corrected chi connectivity index (χ3v) is 4.24. The molecule has 3 rings (SSSR count). The van der Waals surface area contributed by atoms with Crippen LogP contribution in [0.25, 0.3) is 5.69 Å². The molecular weight excluding hydrogens is 310 g/mol. The van der Waals surface area contributed by atoms with E-state index in [4.69, 9.17) is 0 Å². The third-order valence-electron chi connectivity index (χ3n) is 3.62. The van der Waals surface area contributed by atoms with Crippen LogP contribution in [0, 0.1) is 13.8 Å². The minimum atomic E-state index is -0.125. The largest absolute Gasteiger partial charge is 0.336 e.